The van der Waals surface area contributed by atoms with E-state index in [1.54, 1.807) is 0 Å². The predicted molar refractivity (Wildman–Crippen MR) is 22.9 cm³/mol. The van der Waals surface area contributed by atoms with Crippen molar-refractivity contribution in [2.24, 2.45) is 0 Å². The Labute approximate surface area is 65.9 Å². The van der Waals surface area contributed by atoms with E-state index in [1.807, 2.05) is 0 Å². The molecule has 1 aliphatic rings. The molecule has 0 saturated carbocycles. The second-order valence-electron chi connectivity index (χ2n) is 1.09. The molecule has 0 bridgehead atoms. The third-order valence-corrected chi connectivity index (χ3v) is 0.655. The van der Waals surface area contributed by atoms with E-state index in [0.29, 0.717) is 0 Å². The molecule has 0 unspecified atom stereocenters. The van der Waals surface area contributed by atoms with Gasteiger partial charge < -0.3 is 0 Å². The Morgan fingerprint density at radius 2 is 1.50 bits per heavy atom. The summed E-state index contributed by atoms with van der Waals surface area (Å²) in [5, 5.41) is 0. The quantitative estimate of drug-likeness (QED) is 0.562. The number of allylic oxidation sites excluding steroid dienone is 4. The van der Waals surface area contributed by atoms with Crippen LogP contribution < -0.4 is 0 Å². The van der Waals surface area contributed by atoms with Crippen LogP contribution in [0.15, 0.2) is 24.3 Å². The Bertz CT molecular complexity index is 62.0. The molecule has 29 valence electrons. The maximum atomic E-state index is 2.12. The molecule has 0 aromatic rings. The molecule has 0 amide bonds. The molecule has 1 heteroatoms. The van der Waals surface area contributed by atoms with Gasteiger partial charge in [-0.3, -0.25) is 0 Å². The number of hydrogen-bond acceptors (Lipinski definition) is 0. The molecule has 0 saturated heterocycles. The van der Waals surface area contributed by atoms with Gasteiger partial charge in [0.15, 0.2) is 0 Å². The Hall–Kier alpha value is 0.675. The molecule has 6 heavy (non-hydrogen) atoms. The summed E-state index contributed by atoms with van der Waals surface area (Å²) in [6.07, 6.45) is 9.50. The zero-order valence-electron chi connectivity index (χ0n) is 3.59. The molecule has 0 N–H and O–H groups in total. The fourth-order valence-electron chi connectivity index (χ4n) is 0.393. The van der Waals surface area contributed by atoms with Gasteiger partial charge in [-0.2, -0.15) is 0 Å². The second-order valence-corrected chi connectivity index (χ2v) is 1.09. The zero-order valence-corrected chi connectivity index (χ0v) is 7.22. The van der Waals surface area contributed by atoms with Crippen LogP contribution in [-0.4, -0.2) is 0 Å². The Kier molecular flexibility index (Phi) is 4.28. The van der Waals surface area contributed by atoms with Gasteiger partial charge in [-0.15, -0.1) is 0 Å². The Balaban J connectivity index is 0.000000250. The van der Waals surface area contributed by atoms with Gasteiger partial charge in [0.2, 0.25) is 0 Å². The van der Waals surface area contributed by atoms with Crippen molar-refractivity contribution in [1.29, 1.82) is 0 Å². The van der Waals surface area contributed by atoms with Crippen LogP contribution in [0, 0.1) is 35.6 Å². The summed E-state index contributed by atoms with van der Waals surface area (Å²) in [6.45, 7) is 0. The van der Waals surface area contributed by atoms with Crippen molar-refractivity contribution < 1.29 is 35.6 Å². The molecule has 0 heterocycles. The summed E-state index contributed by atoms with van der Waals surface area (Å²) in [5.41, 5.74) is 0. The van der Waals surface area contributed by atoms with E-state index >= 15 is 0 Å². The van der Waals surface area contributed by atoms with Crippen LogP contribution in [0.1, 0.15) is 6.42 Å². The molecule has 0 spiro atoms. The minimum Gasteiger partial charge on any atom is -0.0808 e. The first-order valence-corrected chi connectivity index (χ1v) is 1.82. The topological polar surface area (TPSA) is 0 Å². The first kappa shape index (κ1) is 6.67. The summed E-state index contributed by atoms with van der Waals surface area (Å²) in [4.78, 5) is 0. The average Bonchev–Trinajstić information content (AvgIpc) is 1.76. The molecular formula is C5H6La. The van der Waals surface area contributed by atoms with Crippen molar-refractivity contribution in [3.63, 3.8) is 0 Å². The summed E-state index contributed by atoms with van der Waals surface area (Å²) in [6, 6.07) is 0. The minimum atomic E-state index is 0. The first-order valence-electron chi connectivity index (χ1n) is 1.82. The van der Waals surface area contributed by atoms with E-state index in [-0.39, 0.29) is 35.6 Å². The van der Waals surface area contributed by atoms with Crippen molar-refractivity contribution in [1.82, 2.24) is 0 Å². The van der Waals surface area contributed by atoms with Gasteiger partial charge in [-0.05, 0) is 6.42 Å². The smallest absolute Gasteiger partial charge is 0 e. The van der Waals surface area contributed by atoms with E-state index in [0.717, 1.165) is 6.42 Å². The third kappa shape index (κ3) is 1.96. The number of rotatable bonds is 0. The van der Waals surface area contributed by atoms with Crippen LogP contribution in [0.3, 0.4) is 0 Å². The van der Waals surface area contributed by atoms with Gasteiger partial charge in [0.1, 0.15) is 0 Å². The predicted octanol–water partition coefficient (Wildman–Crippen LogP) is 1.50. The van der Waals surface area contributed by atoms with Crippen molar-refractivity contribution in [2.75, 3.05) is 0 Å². The van der Waals surface area contributed by atoms with Crippen molar-refractivity contribution in [3.8, 4) is 0 Å². The summed E-state index contributed by atoms with van der Waals surface area (Å²) in [7, 11) is 0. The van der Waals surface area contributed by atoms with Crippen LogP contribution in [-0.2, 0) is 0 Å². The summed E-state index contributed by atoms with van der Waals surface area (Å²) in [5.74, 6) is 0. The maximum absolute atomic E-state index is 2.12. The van der Waals surface area contributed by atoms with Crippen molar-refractivity contribution >= 4 is 0 Å². The number of hydrogen-bond donors (Lipinski definition) is 0. The van der Waals surface area contributed by atoms with Crippen LogP contribution in [0.25, 0.3) is 0 Å². The molecule has 1 radical (unpaired) electrons. The molecule has 0 aromatic carbocycles. The summed E-state index contributed by atoms with van der Waals surface area (Å²) < 4.78 is 0. The molecule has 0 nitrogen and oxygen atoms in total. The monoisotopic (exact) mass is 205 g/mol. The molecule has 1 rings (SSSR count). The average molecular weight is 205 g/mol. The minimum absolute atomic E-state index is 0. The molecule has 0 aliphatic heterocycles. The fraction of sp³-hybridized carbons (Fsp3) is 0.200. The van der Waals surface area contributed by atoms with Crippen LogP contribution in [0.2, 0.25) is 0 Å². The second kappa shape index (κ2) is 3.85. The molecule has 0 aromatic heterocycles. The van der Waals surface area contributed by atoms with Gasteiger partial charge in [-0.25, -0.2) is 0 Å². The van der Waals surface area contributed by atoms with Gasteiger partial charge in [0.25, 0.3) is 0 Å². The van der Waals surface area contributed by atoms with Crippen LogP contribution >= 0.6 is 0 Å². The Morgan fingerprint density at radius 3 is 1.67 bits per heavy atom. The van der Waals surface area contributed by atoms with Crippen LogP contribution in [0.5, 0.6) is 0 Å². The van der Waals surface area contributed by atoms with E-state index < -0.39 is 0 Å². The maximum Gasteiger partial charge on any atom is 0 e. The summed E-state index contributed by atoms with van der Waals surface area (Å²) >= 11 is 0. The third-order valence-electron chi connectivity index (χ3n) is 0.655. The fourth-order valence-corrected chi connectivity index (χ4v) is 0.393. The molecule has 0 fully saturated rings. The van der Waals surface area contributed by atoms with E-state index in [2.05, 4.69) is 24.3 Å². The normalized spacial score (nSPS) is 14.7. The van der Waals surface area contributed by atoms with Crippen LogP contribution in [0.4, 0.5) is 0 Å². The molecule has 1 aliphatic carbocycles. The van der Waals surface area contributed by atoms with E-state index in [9.17, 15) is 0 Å². The molecule has 0 atom stereocenters. The largest absolute Gasteiger partial charge is 0.0808 e. The standard InChI is InChI=1S/C5H6.La/c1-2-4-5-3-1;/h1-4H,5H2;. The van der Waals surface area contributed by atoms with Gasteiger partial charge in [0.05, 0.1) is 0 Å². The van der Waals surface area contributed by atoms with E-state index in [1.165, 1.54) is 0 Å². The van der Waals surface area contributed by atoms with Gasteiger partial charge >= 0.3 is 0 Å². The van der Waals surface area contributed by atoms with Crippen molar-refractivity contribution in [2.45, 2.75) is 6.42 Å². The van der Waals surface area contributed by atoms with Crippen molar-refractivity contribution in [3.05, 3.63) is 24.3 Å². The molecular weight excluding hydrogens is 199 g/mol. The first-order chi connectivity index (χ1) is 2.50. The van der Waals surface area contributed by atoms with E-state index in [4.69, 9.17) is 0 Å². The Morgan fingerprint density at radius 1 is 1.00 bits per heavy atom. The SMILES string of the molecule is C1=CCC=C1.[La]. The van der Waals surface area contributed by atoms with Gasteiger partial charge in [0, 0.05) is 35.6 Å². The zero-order chi connectivity index (χ0) is 3.54. The van der Waals surface area contributed by atoms with Gasteiger partial charge in [-0.1, -0.05) is 24.3 Å².